The Bertz CT molecular complexity index is 5940. The summed E-state index contributed by atoms with van der Waals surface area (Å²) in [5.74, 6) is 0. The van der Waals surface area contributed by atoms with Gasteiger partial charge in [0.2, 0.25) is 0 Å². The minimum Gasteiger partial charge on any atom is -0.455 e. The number of fused-ring (bicyclic) bond motifs is 31. The van der Waals surface area contributed by atoms with Gasteiger partial charge >= 0.3 is 0 Å². The highest BCUT2D eigenvalue weighted by Crippen LogP contribution is 2.67. The zero-order valence-electron chi connectivity index (χ0n) is 53.8. The Morgan fingerprint density at radius 3 is 1.08 bits per heavy atom. The number of rotatable bonds is 4. The second-order valence-corrected chi connectivity index (χ2v) is 29.8. The van der Waals surface area contributed by atoms with Gasteiger partial charge < -0.3 is 18.2 Å². The summed E-state index contributed by atoms with van der Waals surface area (Å²) in [6.07, 6.45) is 0. The molecule has 442 valence electrons. The minimum atomic E-state index is -0.414. The van der Waals surface area contributed by atoms with Gasteiger partial charge in [-0.25, -0.2) is 0 Å². The molecule has 0 saturated carbocycles. The molecule has 0 spiro atoms. The van der Waals surface area contributed by atoms with Crippen molar-refractivity contribution in [2.45, 2.75) is 103 Å². The Balaban J connectivity index is 0.839. The van der Waals surface area contributed by atoms with Crippen molar-refractivity contribution in [3.8, 4) is 66.8 Å². The van der Waals surface area contributed by atoms with E-state index in [2.05, 4.69) is 287 Å². The average Bonchev–Trinajstić information content (AvgIpc) is 1.52. The van der Waals surface area contributed by atoms with Crippen LogP contribution >= 0.6 is 0 Å². The van der Waals surface area contributed by atoms with Crippen LogP contribution in [-0.2, 0) is 27.1 Å². The van der Waals surface area contributed by atoms with E-state index in [9.17, 15) is 0 Å². The molecular formula is C88H67NO3. The zero-order chi connectivity index (χ0) is 62.2. The number of nitrogens with zero attached hydrogens (tertiary/aromatic N) is 1. The molecular weight excluding hydrogens is 1120 g/mol. The summed E-state index contributed by atoms with van der Waals surface area (Å²) >= 11 is 0. The summed E-state index contributed by atoms with van der Waals surface area (Å²) in [7, 11) is 0. The molecule has 0 saturated heterocycles. The Labute approximate surface area is 535 Å². The predicted molar refractivity (Wildman–Crippen MR) is 381 cm³/mol. The molecule has 0 unspecified atom stereocenters. The summed E-state index contributed by atoms with van der Waals surface area (Å²) in [5, 5.41) is 7.08. The molecule has 0 amide bonds. The average molecular weight is 1190 g/mol. The lowest BCUT2D eigenvalue weighted by molar-refractivity contribution is 0.600. The van der Waals surface area contributed by atoms with Crippen molar-refractivity contribution >= 4 is 82.9 Å². The first kappa shape index (κ1) is 52.6. The van der Waals surface area contributed by atoms with E-state index in [1.54, 1.807) is 0 Å². The van der Waals surface area contributed by atoms with Gasteiger partial charge in [0.1, 0.15) is 33.5 Å². The maximum absolute atomic E-state index is 7.21. The number of benzene rings is 12. The van der Waals surface area contributed by atoms with Gasteiger partial charge in [0.15, 0.2) is 0 Å². The van der Waals surface area contributed by atoms with Crippen LogP contribution in [0.2, 0.25) is 0 Å². The molecule has 4 heteroatoms. The number of para-hydroxylation sites is 3. The lowest BCUT2D eigenvalue weighted by atomic mass is 9.72. The molecule has 12 aromatic carbocycles. The van der Waals surface area contributed by atoms with Crippen molar-refractivity contribution in [1.82, 2.24) is 0 Å². The van der Waals surface area contributed by atoms with Crippen molar-refractivity contribution in [2.75, 3.05) is 4.90 Å². The van der Waals surface area contributed by atoms with Crippen LogP contribution in [0.25, 0.3) is 133 Å². The van der Waals surface area contributed by atoms with E-state index in [0.717, 1.165) is 66.9 Å². The summed E-state index contributed by atoms with van der Waals surface area (Å²) in [5.41, 5.74) is 37.0. The van der Waals surface area contributed by atoms with Crippen molar-refractivity contribution in [3.05, 3.63) is 267 Å². The largest absolute Gasteiger partial charge is 0.455 e. The Hall–Kier alpha value is -10.2. The molecule has 92 heavy (non-hydrogen) atoms. The third-order valence-corrected chi connectivity index (χ3v) is 23.3. The third-order valence-electron chi connectivity index (χ3n) is 23.3. The molecule has 3 heterocycles. The van der Waals surface area contributed by atoms with E-state index in [4.69, 9.17) is 13.3 Å². The monoisotopic (exact) mass is 1190 g/mol. The first-order valence-corrected chi connectivity index (χ1v) is 32.9. The SMILES string of the molecule is Cc1ccccc1-c1cc2c(c3c1oc1ccccc13)-c1ccc(N(c3ccc4c(c3)C(C)(C)c3c5c(c6c(oc7ccccc76)c3-4)-c3ccccc3C5(C)C)c3ccc4c(c3)C(C)(C)c3c5c(c6oc7ccccc7c6c3-4)-c3ccccc3C5(C)C)cc1C2(C)C. The van der Waals surface area contributed by atoms with Gasteiger partial charge in [-0.3, -0.25) is 0 Å². The van der Waals surface area contributed by atoms with Crippen LogP contribution in [0.4, 0.5) is 17.1 Å². The lowest BCUT2D eigenvalue weighted by Crippen LogP contribution is -2.24. The highest BCUT2D eigenvalue weighted by Gasteiger charge is 2.51. The summed E-state index contributed by atoms with van der Waals surface area (Å²) in [6, 6.07) is 77.4. The van der Waals surface area contributed by atoms with Crippen LogP contribution in [0.1, 0.15) is 130 Å². The molecule has 0 aliphatic heterocycles. The third kappa shape index (κ3) is 6.20. The molecule has 0 radical (unpaired) electrons. The van der Waals surface area contributed by atoms with E-state index in [0.29, 0.717) is 0 Å². The summed E-state index contributed by atoms with van der Waals surface area (Å²) in [4.78, 5) is 2.58. The van der Waals surface area contributed by atoms with Gasteiger partial charge in [-0.1, -0.05) is 215 Å². The molecule has 0 atom stereocenters. The highest BCUT2D eigenvalue weighted by molar-refractivity contribution is 6.23. The Morgan fingerprint density at radius 1 is 0.261 bits per heavy atom. The van der Waals surface area contributed by atoms with Gasteiger partial charge in [0.25, 0.3) is 0 Å². The van der Waals surface area contributed by atoms with Crippen LogP contribution in [-0.4, -0.2) is 0 Å². The summed E-state index contributed by atoms with van der Waals surface area (Å²) in [6.45, 7) is 26.7. The maximum Gasteiger partial charge on any atom is 0.144 e. The first-order valence-electron chi connectivity index (χ1n) is 32.9. The molecule has 0 fully saturated rings. The second-order valence-electron chi connectivity index (χ2n) is 29.8. The standard InChI is InChI=1S/C88H67NO3/c1-46-24-12-13-25-50(46)59-45-65-69(72-56-28-16-21-33-66(56)90-81(59)72)53-39-36-47(42-62(53)84(65,2)3)89(48-37-40-54-63(43-48)87(8,9)78-71(54)74-58-30-18-23-35-68(58)91-82(74)75-52-27-15-20-32-61(52)86(6,7)79(75)78)49-38-41-55-64(44-49)88(10,11)80-76(55)83-73(57-29-17-22-34-67(57)92-83)70-51-26-14-19-31-60(51)85(4,5)77(70)80/h12-45H,1-11H3. The van der Waals surface area contributed by atoms with Crippen LogP contribution < -0.4 is 4.90 Å². The van der Waals surface area contributed by atoms with Crippen LogP contribution in [0.3, 0.4) is 0 Å². The van der Waals surface area contributed by atoms with Gasteiger partial charge in [-0.15, -0.1) is 0 Å². The van der Waals surface area contributed by atoms with Crippen LogP contribution in [0.15, 0.2) is 220 Å². The minimum absolute atomic E-state index is 0.262. The van der Waals surface area contributed by atoms with E-state index < -0.39 is 10.8 Å². The molecule has 15 aromatic rings. The molecule has 5 aliphatic carbocycles. The van der Waals surface area contributed by atoms with E-state index >= 15 is 0 Å². The Kier molecular flexibility index (Phi) is 9.75. The van der Waals surface area contributed by atoms with Gasteiger partial charge in [-0.2, -0.15) is 0 Å². The lowest BCUT2D eigenvalue weighted by Gasteiger charge is -2.33. The first-order chi connectivity index (χ1) is 44.4. The van der Waals surface area contributed by atoms with E-state index in [-0.39, 0.29) is 16.2 Å². The smallest absolute Gasteiger partial charge is 0.144 e. The molecule has 3 aromatic heterocycles. The fraction of sp³-hybridized carbons (Fsp3) is 0.182. The quantitative estimate of drug-likeness (QED) is 0.176. The van der Waals surface area contributed by atoms with Gasteiger partial charge in [0.05, 0.1) is 0 Å². The molecule has 0 N–H and O–H groups in total. The topological polar surface area (TPSA) is 42.7 Å². The van der Waals surface area contributed by atoms with Crippen molar-refractivity contribution in [3.63, 3.8) is 0 Å². The van der Waals surface area contributed by atoms with E-state index in [1.165, 1.54) is 144 Å². The molecule has 5 aliphatic rings. The normalized spacial score (nSPS) is 16.4. The predicted octanol–water partition coefficient (Wildman–Crippen LogP) is 24.4. The summed E-state index contributed by atoms with van der Waals surface area (Å²) < 4.78 is 21.3. The molecule has 20 rings (SSSR count). The number of hydrogen-bond donors (Lipinski definition) is 0. The fourth-order valence-electron chi connectivity index (χ4n) is 19.1. The van der Waals surface area contributed by atoms with Gasteiger partial charge in [0, 0.05) is 93.1 Å². The van der Waals surface area contributed by atoms with Crippen molar-refractivity contribution in [1.29, 1.82) is 0 Å². The zero-order valence-corrected chi connectivity index (χ0v) is 53.8. The maximum atomic E-state index is 7.21. The molecule has 4 nitrogen and oxygen atoms in total. The van der Waals surface area contributed by atoms with Crippen molar-refractivity contribution < 1.29 is 13.3 Å². The highest BCUT2D eigenvalue weighted by atomic mass is 16.3. The number of hydrogen-bond acceptors (Lipinski definition) is 4. The van der Waals surface area contributed by atoms with Gasteiger partial charge in [-0.05, 0) is 179 Å². The van der Waals surface area contributed by atoms with E-state index in [1.807, 2.05) is 0 Å². The number of aryl methyl sites for hydroxylation is 1. The van der Waals surface area contributed by atoms with Crippen LogP contribution in [0.5, 0.6) is 0 Å². The van der Waals surface area contributed by atoms with Crippen molar-refractivity contribution in [2.24, 2.45) is 0 Å². The Morgan fingerprint density at radius 2 is 0.598 bits per heavy atom. The number of anilines is 3. The fourth-order valence-corrected chi connectivity index (χ4v) is 19.1. The number of furan rings is 3. The second kappa shape index (κ2) is 17.1. The molecule has 0 bridgehead atoms. The van der Waals surface area contributed by atoms with Crippen LogP contribution in [0, 0.1) is 6.92 Å².